The van der Waals surface area contributed by atoms with Gasteiger partial charge in [0.25, 0.3) is 0 Å². The highest BCUT2D eigenvalue weighted by Crippen LogP contribution is 2.29. The molecule has 1 heterocycles. The summed E-state index contributed by atoms with van der Waals surface area (Å²) in [7, 11) is 0. The van der Waals surface area contributed by atoms with Gasteiger partial charge in [0.2, 0.25) is 0 Å². The van der Waals surface area contributed by atoms with Gasteiger partial charge < -0.3 is 25.6 Å². The molecule has 6 heteroatoms. The summed E-state index contributed by atoms with van der Waals surface area (Å²) in [5.74, 6) is 0.436. The summed E-state index contributed by atoms with van der Waals surface area (Å²) >= 11 is 0. The van der Waals surface area contributed by atoms with Crippen LogP contribution in [-0.4, -0.2) is 31.3 Å². The number of alkyl carbamates (subject to hydrolysis) is 1. The minimum absolute atomic E-state index is 0.360. The molecule has 23 heavy (non-hydrogen) atoms. The van der Waals surface area contributed by atoms with Gasteiger partial charge in [0, 0.05) is 25.3 Å². The van der Waals surface area contributed by atoms with Crippen molar-refractivity contribution in [2.75, 3.05) is 30.0 Å². The Bertz CT molecular complexity index is 520. The summed E-state index contributed by atoms with van der Waals surface area (Å²) in [5, 5.41) is 13.9. The molecule has 0 saturated carbocycles. The highest BCUT2D eigenvalue weighted by Gasteiger charge is 2.22. The van der Waals surface area contributed by atoms with Gasteiger partial charge in [0.15, 0.2) is 0 Å². The number of benzene rings is 1. The molecular formula is C17H26N3O3-. The molecule has 1 aliphatic heterocycles. The Kier molecular flexibility index (Phi) is 5.71. The van der Waals surface area contributed by atoms with Gasteiger partial charge in [-0.1, -0.05) is 12.1 Å². The van der Waals surface area contributed by atoms with Gasteiger partial charge in [-0.05, 0) is 51.7 Å². The average molecular weight is 320 g/mol. The zero-order valence-electron chi connectivity index (χ0n) is 14.1. The lowest BCUT2D eigenvalue weighted by Crippen LogP contribution is -2.40. The SMILES string of the molecule is CC(C)(C)OC(=O)NCC1CCN(c2ccccc2N[O-])CC1. The van der Waals surface area contributed by atoms with E-state index in [1.807, 2.05) is 44.5 Å². The standard InChI is InChI=1S/C17H26N3O3/c1-17(2,3)23-16(21)18-12-13-8-10-20(11-9-13)15-7-5-4-6-14(15)19-22/h4-7,13,19H,8-12H2,1-3H3,(H,18,21)/q-1. The molecule has 2 rings (SSSR count). The lowest BCUT2D eigenvalue weighted by Gasteiger charge is -2.35. The van der Waals surface area contributed by atoms with Crippen LogP contribution in [0.4, 0.5) is 16.2 Å². The highest BCUT2D eigenvalue weighted by molar-refractivity contribution is 5.70. The van der Waals surface area contributed by atoms with Gasteiger partial charge in [-0.2, -0.15) is 0 Å². The van der Waals surface area contributed by atoms with Gasteiger partial charge in [0.05, 0.1) is 5.69 Å². The largest absolute Gasteiger partial charge is 0.761 e. The van der Waals surface area contributed by atoms with Crippen LogP contribution >= 0.6 is 0 Å². The second-order valence-electron chi connectivity index (χ2n) is 6.93. The Morgan fingerprint density at radius 2 is 1.96 bits per heavy atom. The average Bonchev–Trinajstić information content (AvgIpc) is 2.52. The van der Waals surface area contributed by atoms with Crippen LogP contribution in [0.15, 0.2) is 24.3 Å². The van der Waals surface area contributed by atoms with Crippen LogP contribution in [0.5, 0.6) is 0 Å². The molecule has 6 nitrogen and oxygen atoms in total. The number of rotatable bonds is 4. The molecule has 0 atom stereocenters. The van der Waals surface area contributed by atoms with Crippen molar-refractivity contribution in [3.8, 4) is 0 Å². The lowest BCUT2D eigenvalue weighted by atomic mass is 9.96. The van der Waals surface area contributed by atoms with Crippen LogP contribution < -0.4 is 15.7 Å². The summed E-state index contributed by atoms with van der Waals surface area (Å²) in [5.41, 5.74) is 3.09. The molecule has 0 aromatic heterocycles. The maximum Gasteiger partial charge on any atom is 0.407 e. The molecule has 1 aromatic carbocycles. The van der Waals surface area contributed by atoms with E-state index in [9.17, 15) is 10.0 Å². The van der Waals surface area contributed by atoms with E-state index >= 15 is 0 Å². The molecule has 1 aliphatic rings. The van der Waals surface area contributed by atoms with Crippen LogP contribution in [-0.2, 0) is 4.74 Å². The third-order valence-corrected chi connectivity index (χ3v) is 3.90. The molecule has 0 radical (unpaired) electrons. The summed E-state index contributed by atoms with van der Waals surface area (Å²) in [6, 6.07) is 7.53. The quantitative estimate of drug-likeness (QED) is 0.832. The van der Waals surface area contributed by atoms with E-state index in [0.717, 1.165) is 31.6 Å². The molecule has 1 aromatic rings. The Morgan fingerprint density at radius 3 is 2.57 bits per heavy atom. The van der Waals surface area contributed by atoms with Gasteiger partial charge in [-0.25, -0.2) is 4.79 Å². The zero-order valence-corrected chi connectivity index (χ0v) is 14.1. The van der Waals surface area contributed by atoms with E-state index in [-0.39, 0.29) is 6.09 Å². The van der Waals surface area contributed by atoms with E-state index in [2.05, 4.69) is 10.2 Å². The summed E-state index contributed by atoms with van der Waals surface area (Å²) in [6.07, 6.45) is 1.59. The Balaban J connectivity index is 1.79. The number of piperidine rings is 1. The Labute approximate surface area is 137 Å². The number of hydrogen-bond donors (Lipinski definition) is 2. The van der Waals surface area contributed by atoms with E-state index in [0.29, 0.717) is 18.2 Å². The van der Waals surface area contributed by atoms with E-state index in [4.69, 9.17) is 4.74 Å². The van der Waals surface area contributed by atoms with Crippen molar-refractivity contribution in [3.63, 3.8) is 0 Å². The first-order valence-electron chi connectivity index (χ1n) is 8.08. The number of carbonyl (C=O) groups is 1. The molecule has 0 bridgehead atoms. The molecule has 128 valence electrons. The van der Waals surface area contributed by atoms with Crippen molar-refractivity contribution >= 4 is 17.5 Å². The Hall–Kier alpha value is -1.95. The molecule has 1 fully saturated rings. The number of carbonyl (C=O) groups excluding carboxylic acids is 1. The van der Waals surface area contributed by atoms with Crippen molar-refractivity contribution in [1.82, 2.24) is 5.32 Å². The van der Waals surface area contributed by atoms with E-state index in [1.54, 1.807) is 6.07 Å². The number of amides is 1. The first-order valence-corrected chi connectivity index (χ1v) is 8.08. The van der Waals surface area contributed by atoms with Crippen LogP contribution in [0.1, 0.15) is 33.6 Å². The smallest absolute Gasteiger partial charge is 0.407 e. The van der Waals surface area contributed by atoms with E-state index < -0.39 is 5.60 Å². The maximum absolute atomic E-state index is 11.7. The second kappa shape index (κ2) is 7.55. The summed E-state index contributed by atoms with van der Waals surface area (Å²) in [6.45, 7) is 7.94. The molecule has 0 aliphatic carbocycles. The fourth-order valence-electron chi connectivity index (χ4n) is 2.76. The predicted octanol–water partition coefficient (Wildman–Crippen LogP) is 3.34. The van der Waals surface area contributed by atoms with Crippen LogP contribution in [0.2, 0.25) is 0 Å². The lowest BCUT2D eigenvalue weighted by molar-refractivity contribution is 0.0517. The van der Waals surface area contributed by atoms with Gasteiger partial charge in [-0.15, -0.1) is 0 Å². The number of hydrogen-bond acceptors (Lipinski definition) is 5. The number of nitrogens with zero attached hydrogens (tertiary/aromatic N) is 1. The molecule has 1 amide bonds. The summed E-state index contributed by atoms with van der Waals surface area (Å²) in [4.78, 5) is 13.9. The van der Waals surface area contributed by atoms with Crippen molar-refractivity contribution in [2.45, 2.75) is 39.2 Å². The number of para-hydroxylation sites is 2. The second-order valence-corrected chi connectivity index (χ2v) is 6.93. The van der Waals surface area contributed by atoms with E-state index in [1.165, 1.54) is 0 Å². The highest BCUT2D eigenvalue weighted by atomic mass is 16.6. The van der Waals surface area contributed by atoms with Gasteiger partial charge in [0.1, 0.15) is 5.60 Å². The molecular weight excluding hydrogens is 294 g/mol. The maximum atomic E-state index is 11.7. The molecule has 0 spiro atoms. The Morgan fingerprint density at radius 1 is 1.30 bits per heavy atom. The first kappa shape index (κ1) is 17.4. The third-order valence-electron chi connectivity index (χ3n) is 3.90. The van der Waals surface area contributed by atoms with Crippen molar-refractivity contribution in [1.29, 1.82) is 0 Å². The van der Waals surface area contributed by atoms with Crippen molar-refractivity contribution in [3.05, 3.63) is 29.5 Å². The molecule has 0 unspecified atom stereocenters. The minimum atomic E-state index is -0.470. The van der Waals surface area contributed by atoms with Crippen molar-refractivity contribution in [2.24, 2.45) is 5.92 Å². The summed E-state index contributed by atoms with van der Waals surface area (Å²) < 4.78 is 5.25. The number of nitrogens with one attached hydrogen (secondary N) is 2. The fourth-order valence-corrected chi connectivity index (χ4v) is 2.76. The van der Waals surface area contributed by atoms with Crippen LogP contribution in [0.25, 0.3) is 0 Å². The normalized spacial score (nSPS) is 16.1. The van der Waals surface area contributed by atoms with Crippen LogP contribution in [0, 0.1) is 11.1 Å². The van der Waals surface area contributed by atoms with Gasteiger partial charge in [-0.3, -0.25) is 0 Å². The van der Waals surface area contributed by atoms with Crippen LogP contribution in [0.3, 0.4) is 0 Å². The first-order chi connectivity index (χ1) is 10.9. The van der Waals surface area contributed by atoms with Gasteiger partial charge >= 0.3 is 6.09 Å². The zero-order chi connectivity index (χ0) is 16.9. The topological polar surface area (TPSA) is 76.7 Å². The monoisotopic (exact) mass is 320 g/mol. The number of anilines is 2. The number of ether oxygens (including phenoxy) is 1. The minimum Gasteiger partial charge on any atom is -0.761 e. The fraction of sp³-hybridized carbons (Fsp3) is 0.588. The molecule has 1 saturated heterocycles. The third kappa shape index (κ3) is 5.32. The predicted molar refractivity (Wildman–Crippen MR) is 92.6 cm³/mol. The van der Waals surface area contributed by atoms with Crippen molar-refractivity contribution < 1.29 is 9.53 Å². The molecule has 2 N–H and O–H groups in total.